The van der Waals surface area contributed by atoms with Crippen molar-refractivity contribution in [3.63, 3.8) is 0 Å². The minimum Gasteiger partial charge on any atom is -0.373 e. The maximum absolute atomic E-state index is 4.71. The van der Waals surface area contributed by atoms with Gasteiger partial charge in [-0.05, 0) is 12.8 Å². The zero-order valence-electron chi connectivity index (χ0n) is 11.1. The average Bonchev–Trinajstić information content (AvgIpc) is 3.02. The molecule has 1 aliphatic heterocycles. The van der Waals surface area contributed by atoms with E-state index in [-0.39, 0.29) is 0 Å². The Balaban J connectivity index is 2.02. The molecule has 0 saturated carbocycles. The van der Waals surface area contributed by atoms with Crippen molar-refractivity contribution >= 4 is 11.8 Å². The van der Waals surface area contributed by atoms with Crippen LogP contribution in [0, 0.1) is 0 Å². The summed E-state index contributed by atoms with van der Waals surface area (Å²) in [5.74, 6) is 1.71. The van der Waals surface area contributed by atoms with E-state index in [9.17, 15) is 0 Å². The van der Waals surface area contributed by atoms with Gasteiger partial charge in [0.2, 0.25) is 5.95 Å². The molecule has 1 aromatic carbocycles. The fraction of sp³-hybridized carbons (Fsp3) is 0.333. The van der Waals surface area contributed by atoms with E-state index < -0.39 is 0 Å². The molecule has 0 bridgehead atoms. The van der Waals surface area contributed by atoms with Crippen molar-refractivity contribution in [2.24, 2.45) is 0 Å². The third kappa shape index (κ3) is 2.52. The lowest BCUT2D eigenvalue weighted by atomic mass is 10.1. The van der Waals surface area contributed by atoms with Crippen LogP contribution in [-0.2, 0) is 0 Å². The SMILES string of the molecule is CNc1cc(-c2ccccc2)nc(N2CCCC2)n1. The van der Waals surface area contributed by atoms with Crippen molar-refractivity contribution in [1.82, 2.24) is 9.97 Å². The van der Waals surface area contributed by atoms with E-state index in [2.05, 4.69) is 27.3 Å². The molecule has 0 atom stereocenters. The first-order valence-electron chi connectivity index (χ1n) is 6.74. The Morgan fingerprint density at radius 3 is 2.47 bits per heavy atom. The van der Waals surface area contributed by atoms with Crippen molar-refractivity contribution < 1.29 is 0 Å². The highest BCUT2D eigenvalue weighted by Gasteiger charge is 2.16. The Kier molecular flexibility index (Phi) is 3.31. The highest BCUT2D eigenvalue weighted by atomic mass is 15.3. The van der Waals surface area contributed by atoms with E-state index >= 15 is 0 Å². The molecule has 1 fully saturated rings. The van der Waals surface area contributed by atoms with Gasteiger partial charge in [0.25, 0.3) is 0 Å². The fourth-order valence-corrected chi connectivity index (χ4v) is 2.38. The second-order valence-corrected chi connectivity index (χ2v) is 4.75. The number of benzene rings is 1. The summed E-state index contributed by atoms with van der Waals surface area (Å²) in [5.41, 5.74) is 2.10. The molecule has 0 aliphatic carbocycles. The van der Waals surface area contributed by atoms with Crippen LogP contribution in [-0.4, -0.2) is 30.1 Å². The van der Waals surface area contributed by atoms with E-state index in [1.165, 1.54) is 12.8 Å². The molecule has 1 aliphatic rings. The van der Waals surface area contributed by atoms with E-state index in [0.717, 1.165) is 36.1 Å². The molecule has 98 valence electrons. The summed E-state index contributed by atoms with van der Waals surface area (Å²) >= 11 is 0. The van der Waals surface area contributed by atoms with Gasteiger partial charge in [-0.15, -0.1) is 0 Å². The van der Waals surface area contributed by atoms with Gasteiger partial charge >= 0.3 is 0 Å². The standard InChI is InChI=1S/C15H18N4/c1-16-14-11-13(12-7-3-2-4-8-12)17-15(18-14)19-9-5-6-10-19/h2-4,7-8,11H,5-6,9-10H2,1H3,(H,16,17,18). The summed E-state index contributed by atoms with van der Waals surface area (Å²) in [6.45, 7) is 2.11. The Bertz CT molecular complexity index is 547. The normalized spacial score (nSPS) is 14.7. The lowest BCUT2D eigenvalue weighted by Gasteiger charge is -2.17. The number of nitrogens with zero attached hydrogens (tertiary/aromatic N) is 3. The summed E-state index contributed by atoms with van der Waals surface area (Å²) in [5, 5.41) is 3.12. The molecule has 4 heteroatoms. The van der Waals surface area contributed by atoms with Crippen molar-refractivity contribution in [3.8, 4) is 11.3 Å². The number of hydrogen-bond donors (Lipinski definition) is 1. The highest BCUT2D eigenvalue weighted by molar-refractivity contribution is 5.64. The summed E-state index contributed by atoms with van der Waals surface area (Å²) < 4.78 is 0. The molecule has 2 heterocycles. The second-order valence-electron chi connectivity index (χ2n) is 4.75. The highest BCUT2D eigenvalue weighted by Crippen LogP contribution is 2.24. The molecule has 2 aromatic rings. The summed E-state index contributed by atoms with van der Waals surface area (Å²) in [4.78, 5) is 11.5. The number of aromatic nitrogens is 2. The van der Waals surface area contributed by atoms with Crippen LogP contribution in [0.1, 0.15) is 12.8 Å². The molecule has 1 aromatic heterocycles. The van der Waals surface area contributed by atoms with E-state index in [1.807, 2.05) is 31.3 Å². The zero-order chi connectivity index (χ0) is 13.1. The van der Waals surface area contributed by atoms with Crippen LogP contribution in [0.25, 0.3) is 11.3 Å². The van der Waals surface area contributed by atoms with E-state index in [1.54, 1.807) is 0 Å². The number of rotatable bonds is 3. The van der Waals surface area contributed by atoms with Gasteiger partial charge in [-0.1, -0.05) is 30.3 Å². The average molecular weight is 254 g/mol. The van der Waals surface area contributed by atoms with E-state index in [4.69, 9.17) is 4.98 Å². The zero-order valence-corrected chi connectivity index (χ0v) is 11.1. The summed E-state index contributed by atoms with van der Waals surface area (Å²) in [7, 11) is 1.89. The van der Waals surface area contributed by atoms with Crippen LogP contribution in [0.3, 0.4) is 0 Å². The molecule has 4 nitrogen and oxygen atoms in total. The molecule has 19 heavy (non-hydrogen) atoms. The van der Waals surface area contributed by atoms with Gasteiger partial charge in [0, 0.05) is 31.8 Å². The monoisotopic (exact) mass is 254 g/mol. The van der Waals surface area contributed by atoms with Gasteiger partial charge < -0.3 is 10.2 Å². The van der Waals surface area contributed by atoms with Gasteiger partial charge in [0.05, 0.1) is 5.69 Å². The Morgan fingerprint density at radius 2 is 1.79 bits per heavy atom. The van der Waals surface area contributed by atoms with Crippen LogP contribution < -0.4 is 10.2 Å². The molecule has 0 radical (unpaired) electrons. The van der Waals surface area contributed by atoms with E-state index in [0.29, 0.717) is 0 Å². The second kappa shape index (κ2) is 5.26. The first kappa shape index (κ1) is 12.0. The predicted molar refractivity (Wildman–Crippen MR) is 78.5 cm³/mol. The molecule has 3 rings (SSSR count). The Hall–Kier alpha value is -2.10. The number of hydrogen-bond acceptors (Lipinski definition) is 4. The molecule has 0 spiro atoms. The molecular weight excluding hydrogens is 236 g/mol. The van der Waals surface area contributed by atoms with Crippen molar-refractivity contribution in [1.29, 1.82) is 0 Å². The first-order valence-corrected chi connectivity index (χ1v) is 6.74. The van der Waals surface area contributed by atoms with Gasteiger partial charge in [-0.3, -0.25) is 0 Å². The van der Waals surface area contributed by atoms with Crippen LogP contribution in [0.15, 0.2) is 36.4 Å². The van der Waals surface area contributed by atoms with Crippen LogP contribution in [0.2, 0.25) is 0 Å². The smallest absolute Gasteiger partial charge is 0.227 e. The quantitative estimate of drug-likeness (QED) is 0.914. The Labute approximate surface area is 113 Å². The van der Waals surface area contributed by atoms with Crippen LogP contribution in [0.4, 0.5) is 11.8 Å². The fourth-order valence-electron chi connectivity index (χ4n) is 2.38. The Morgan fingerprint density at radius 1 is 1.05 bits per heavy atom. The van der Waals surface area contributed by atoms with Crippen molar-refractivity contribution in [2.75, 3.05) is 30.4 Å². The van der Waals surface area contributed by atoms with Crippen LogP contribution in [0.5, 0.6) is 0 Å². The number of anilines is 2. The van der Waals surface area contributed by atoms with Crippen molar-refractivity contribution in [2.45, 2.75) is 12.8 Å². The lowest BCUT2D eigenvalue weighted by Crippen LogP contribution is -2.21. The van der Waals surface area contributed by atoms with Crippen LogP contribution >= 0.6 is 0 Å². The molecule has 1 N–H and O–H groups in total. The van der Waals surface area contributed by atoms with Gasteiger partial charge in [0.1, 0.15) is 5.82 Å². The maximum atomic E-state index is 4.71. The third-order valence-electron chi connectivity index (χ3n) is 3.43. The third-order valence-corrected chi connectivity index (χ3v) is 3.43. The minimum absolute atomic E-state index is 0.836. The topological polar surface area (TPSA) is 41.1 Å². The largest absolute Gasteiger partial charge is 0.373 e. The maximum Gasteiger partial charge on any atom is 0.227 e. The van der Waals surface area contributed by atoms with Gasteiger partial charge in [0.15, 0.2) is 0 Å². The predicted octanol–water partition coefficient (Wildman–Crippen LogP) is 2.79. The van der Waals surface area contributed by atoms with Crippen molar-refractivity contribution in [3.05, 3.63) is 36.4 Å². The molecular formula is C15H18N4. The first-order chi connectivity index (χ1) is 9.36. The van der Waals surface area contributed by atoms with Gasteiger partial charge in [-0.2, -0.15) is 4.98 Å². The van der Waals surface area contributed by atoms with Gasteiger partial charge in [-0.25, -0.2) is 4.98 Å². The molecule has 0 amide bonds. The molecule has 1 saturated heterocycles. The summed E-state index contributed by atoms with van der Waals surface area (Å²) in [6.07, 6.45) is 2.46. The number of nitrogens with one attached hydrogen (secondary N) is 1. The summed E-state index contributed by atoms with van der Waals surface area (Å²) in [6, 6.07) is 12.2. The lowest BCUT2D eigenvalue weighted by molar-refractivity contribution is 0.901. The molecule has 0 unspecified atom stereocenters. The minimum atomic E-state index is 0.836.